The minimum Gasteiger partial charge on any atom is -0.480 e. The summed E-state index contributed by atoms with van der Waals surface area (Å²) in [6, 6.07) is 8.05. The van der Waals surface area contributed by atoms with E-state index in [1.165, 1.54) is 0 Å². The average Bonchev–Trinajstić information content (AvgIpc) is 2.70. The monoisotopic (exact) mass is 448 g/mol. The molecule has 10 nitrogen and oxygen atoms in total. The van der Waals surface area contributed by atoms with Crippen LogP contribution in [0, 0.1) is 6.92 Å². The lowest BCUT2D eigenvalue weighted by atomic mass is 10.1. The van der Waals surface area contributed by atoms with Gasteiger partial charge in [0.15, 0.2) is 0 Å². The molecule has 10 heteroatoms. The van der Waals surface area contributed by atoms with E-state index in [0.717, 1.165) is 11.1 Å². The second kappa shape index (κ2) is 12.7. The van der Waals surface area contributed by atoms with Crippen molar-refractivity contribution in [3.63, 3.8) is 0 Å². The quantitative estimate of drug-likeness (QED) is 0.516. The lowest BCUT2D eigenvalue weighted by Gasteiger charge is -2.32. The summed E-state index contributed by atoms with van der Waals surface area (Å²) >= 11 is 0. The van der Waals surface area contributed by atoms with Crippen molar-refractivity contribution in [2.24, 2.45) is 0 Å². The van der Waals surface area contributed by atoms with E-state index in [1.54, 1.807) is 27.1 Å². The molecule has 1 aromatic carbocycles. The van der Waals surface area contributed by atoms with Crippen LogP contribution >= 0.6 is 0 Å². The van der Waals surface area contributed by atoms with Gasteiger partial charge in [-0.25, -0.2) is 0 Å². The van der Waals surface area contributed by atoms with Crippen LogP contribution < -0.4 is 0 Å². The van der Waals surface area contributed by atoms with Crippen molar-refractivity contribution in [2.45, 2.75) is 13.5 Å². The molecule has 1 aliphatic heterocycles. The van der Waals surface area contributed by atoms with Gasteiger partial charge < -0.3 is 25.1 Å². The average molecular weight is 449 g/mol. The molecule has 32 heavy (non-hydrogen) atoms. The summed E-state index contributed by atoms with van der Waals surface area (Å²) in [6.45, 7) is 4.94. The maximum absolute atomic E-state index is 11.3. The van der Waals surface area contributed by atoms with Gasteiger partial charge >= 0.3 is 17.9 Å². The fourth-order valence-electron chi connectivity index (χ4n) is 3.53. The Bertz CT molecular complexity index is 815. The highest BCUT2D eigenvalue weighted by Gasteiger charge is 2.17. The molecule has 176 valence electrons. The van der Waals surface area contributed by atoms with Crippen molar-refractivity contribution in [1.29, 1.82) is 0 Å². The molecule has 3 N–H and O–H groups in total. The molecule has 0 spiro atoms. The van der Waals surface area contributed by atoms with Gasteiger partial charge in [-0.15, -0.1) is 0 Å². The highest BCUT2D eigenvalue weighted by Crippen LogP contribution is 2.11. The summed E-state index contributed by atoms with van der Waals surface area (Å²) in [5, 5.41) is 27.7. The number of carbonyl (C=O) groups is 3. The van der Waals surface area contributed by atoms with E-state index >= 15 is 0 Å². The predicted molar refractivity (Wildman–Crippen MR) is 118 cm³/mol. The summed E-state index contributed by atoms with van der Waals surface area (Å²) in [5.41, 5.74) is 2.32. The minimum absolute atomic E-state index is 0.131. The van der Waals surface area contributed by atoms with E-state index in [9.17, 15) is 29.7 Å². The van der Waals surface area contributed by atoms with E-state index in [4.69, 9.17) is 0 Å². The number of nitrogens with zero attached hydrogens (tertiary/aromatic N) is 4. The molecule has 0 amide bonds. The Morgan fingerprint density at radius 1 is 0.719 bits per heavy atom. The number of aryl methyl sites for hydroxylation is 1. The largest absolute Gasteiger partial charge is 0.480 e. The lowest BCUT2D eigenvalue weighted by Crippen LogP contribution is -2.44. The normalized spacial score (nSPS) is 17.9. The first-order chi connectivity index (χ1) is 15.2. The molecular formula is C22H32N4O6. The fraction of sp³-hybridized carbons (Fsp3) is 0.500. The van der Waals surface area contributed by atoms with Gasteiger partial charge in [0.05, 0.1) is 6.54 Å². The van der Waals surface area contributed by atoms with E-state index < -0.39 is 17.9 Å². The van der Waals surface area contributed by atoms with E-state index in [2.05, 4.69) is 11.0 Å². The van der Waals surface area contributed by atoms with Crippen LogP contribution in [0.1, 0.15) is 11.1 Å². The summed E-state index contributed by atoms with van der Waals surface area (Å²) in [5.74, 6) is -2.92. The van der Waals surface area contributed by atoms with Gasteiger partial charge in [-0.3, -0.25) is 24.2 Å². The Kier molecular flexibility index (Phi) is 9.96. The number of hydrogen-bond acceptors (Lipinski definition) is 7. The zero-order chi connectivity index (χ0) is 23.5. The van der Waals surface area contributed by atoms with Crippen molar-refractivity contribution in [3.8, 4) is 0 Å². The molecule has 1 aliphatic rings. The number of benzene rings is 1. The van der Waals surface area contributed by atoms with Crippen molar-refractivity contribution in [3.05, 3.63) is 47.8 Å². The van der Waals surface area contributed by atoms with E-state index in [0.29, 0.717) is 45.8 Å². The van der Waals surface area contributed by atoms with Crippen LogP contribution in [0.2, 0.25) is 0 Å². The van der Waals surface area contributed by atoms with Crippen LogP contribution in [0.15, 0.2) is 36.7 Å². The molecule has 0 bridgehead atoms. The molecule has 0 radical (unpaired) electrons. The molecule has 0 saturated heterocycles. The van der Waals surface area contributed by atoms with Gasteiger partial charge in [-0.2, -0.15) is 0 Å². The number of hydrogen-bond donors (Lipinski definition) is 3. The molecule has 0 aliphatic carbocycles. The minimum atomic E-state index is -1.01. The van der Waals surface area contributed by atoms with Crippen molar-refractivity contribution >= 4 is 17.9 Å². The first-order valence-electron chi connectivity index (χ1n) is 10.5. The molecule has 0 unspecified atom stereocenters. The predicted octanol–water partition coefficient (Wildman–Crippen LogP) is 0.442. The van der Waals surface area contributed by atoms with E-state index in [1.807, 2.05) is 25.1 Å². The molecule has 0 atom stereocenters. The van der Waals surface area contributed by atoms with Crippen LogP contribution in [0.4, 0.5) is 0 Å². The Morgan fingerprint density at radius 3 is 1.72 bits per heavy atom. The fourth-order valence-corrected chi connectivity index (χ4v) is 3.53. The second-order valence-corrected chi connectivity index (χ2v) is 7.90. The molecule has 0 fully saturated rings. The Morgan fingerprint density at radius 2 is 1.19 bits per heavy atom. The summed E-state index contributed by atoms with van der Waals surface area (Å²) < 4.78 is 0. The molecule has 0 aromatic heterocycles. The van der Waals surface area contributed by atoms with Crippen LogP contribution in [0.25, 0.3) is 0 Å². The topological polar surface area (TPSA) is 125 Å². The second-order valence-electron chi connectivity index (χ2n) is 7.90. The third-order valence-corrected chi connectivity index (χ3v) is 5.32. The van der Waals surface area contributed by atoms with Crippen molar-refractivity contribution < 1.29 is 29.7 Å². The Balaban J connectivity index is 2.23. The highest BCUT2D eigenvalue weighted by atomic mass is 16.4. The molecule has 2 rings (SSSR count). The number of aliphatic carboxylic acids is 3. The smallest absolute Gasteiger partial charge is 0.323 e. The summed E-state index contributed by atoms with van der Waals surface area (Å²) in [4.78, 5) is 41.0. The maximum atomic E-state index is 11.3. The van der Waals surface area contributed by atoms with Crippen LogP contribution in [0.3, 0.4) is 0 Å². The van der Waals surface area contributed by atoms with Gasteiger partial charge in [-0.05, 0) is 18.1 Å². The lowest BCUT2D eigenvalue weighted by molar-refractivity contribution is -0.139. The number of carboxylic acid groups (broad SMARTS) is 3. The standard InChI is InChI=1S/C22H32N4O6/c1-18-4-2-3-5-19(18)14-23-6-8-24(15-20(27)28)10-12-26(17-22(31)32)13-11-25(9-7-23)16-21(29)30/h2-5,10,12H,6-9,11,13-17H2,1H3,(H,27,28)(H,29,30)(H,31,32)/b12-10-. The first kappa shape index (κ1) is 25.2. The van der Waals surface area contributed by atoms with Crippen LogP contribution in [-0.2, 0) is 20.9 Å². The number of carboxylic acids is 3. The molecule has 0 saturated carbocycles. The third kappa shape index (κ3) is 9.36. The van der Waals surface area contributed by atoms with Crippen molar-refractivity contribution in [1.82, 2.24) is 19.6 Å². The first-order valence-corrected chi connectivity index (χ1v) is 10.5. The zero-order valence-electron chi connectivity index (χ0n) is 18.4. The van der Waals surface area contributed by atoms with Crippen LogP contribution in [-0.4, -0.2) is 112 Å². The molecular weight excluding hydrogens is 416 g/mol. The Hall–Kier alpha value is -3.11. The maximum Gasteiger partial charge on any atom is 0.323 e. The zero-order valence-corrected chi connectivity index (χ0v) is 18.4. The van der Waals surface area contributed by atoms with Crippen molar-refractivity contribution in [2.75, 3.05) is 58.9 Å². The van der Waals surface area contributed by atoms with Gasteiger partial charge in [0, 0.05) is 58.2 Å². The molecule has 1 aromatic rings. The Labute approximate surface area is 187 Å². The summed E-state index contributed by atoms with van der Waals surface area (Å²) in [7, 11) is 0. The summed E-state index contributed by atoms with van der Waals surface area (Å²) in [6.07, 6.45) is 3.18. The van der Waals surface area contributed by atoms with Gasteiger partial charge in [-0.1, -0.05) is 24.3 Å². The van der Waals surface area contributed by atoms with E-state index in [-0.39, 0.29) is 19.6 Å². The highest BCUT2D eigenvalue weighted by molar-refractivity contribution is 5.70. The van der Waals surface area contributed by atoms with Crippen LogP contribution in [0.5, 0.6) is 0 Å². The van der Waals surface area contributed by atoms with Gasteiger partial charge in [0.2, 0.25) is 0 Å². The SMILES string of the molecule is Cc1ccccc1CN1CCN(CC(=O)O)/C=C\N(CC(=O)O)CCN(CC(=O)O)CC1. The molecule has 1 heterocycles. The third-order valence-electron chi connectivity index (χ3n) is 5.32. The number of rotatable bonds is 8. The van der Waals surface area contributed by atoms with Gasteiger partial charge in [0.25, 0.3) is 0 Å². The van der Waals surface area contributed by atoms with Gasteiger partial charge in [0.1, 0.15) is 13.1 Å².